The fourth-order valence-corrected chi connectivity index (χ4v) is 3.26. The Kier molecular flexibility index (Phi) is 5.43. The molecule has 0 radical (unpaired) electrons. The highest BCUT2D eigenvalue weighted by Gasteiger charge is 2.28. The van der Waals surface area contributed by atoms with Gasteiger partial charge >= 0.3 is 5.97 Å². The minimum atomic E-state index is -0.0566. The number of carbonyl (C=O) groups is 1. The summed E-state index contributed by atoms with van der Waals surface area (Å²) in [6, 6.07) is 8.41. The van der Waals surface area contributed by atoms with Gasteiger partial charge in [0.1, 0.15) is 12.1 Å². The molecule has 0 saturated carbocycles. The molecule has 6 heteroatoms. The molecule has 0 spiro atoms. The van der Waals surface area contributed by atoms with Crippen molar-refractivity contribution in [3.63, 3.8) is 0 Å². The van der Waals surface area contributed by atoms with Crippen LogP contribution in [0.2, 0.25) is 0 Å². The molecule has 5 nitrogen and oxygen atoms in total. The van der Waals surface area contributed by atoms with Crippen molar-refractivity contribution in [1.82, 2.24) is 4.98 Å². The molecule has 2 aromatic rings. The molecule has 1 aliphatic rings. The summed E-state index contributed by atoms with van der Waals surface area (Å²) in [4.78, 5) is 18.7. The van der Waals surface area contributed by atoms with Crippen LogP contribution in [-0.2, 0) is 9.53 Å². The molecule has 0 bridgehead atoms. The molecule has 124 valence electrons. The number of anilines is 1. The van der Waals surface area contributed by atoms with Crippen LogP contribution in [-0.4, -0.2) is 42.2 Å². The van der Waals surface area contributed by atoms with Crippen LogP contribution in [0.3, 0.4) is 0 Å². The number of fused-ring (bicyclic) bond motifs is 1. The number of piperidine rings is 1. The second kappa shape index (κ2) is 7.73. The Labute approximate surface area is 140 Å². The van der Waals surface area contributed by atoms with Gasteiger partial charge in [-0.2, -0.15) is 16.7 Å². The first-order chi connectivity index (χ1) is 11.3. The minimum absolute atomic E-state index is 0.00209. The lowest BCUT2D eigenvalue weighted by molar-refractivity contribution is -0.148. The van der Waals surface area contributed by atoms with E-state index in [1.165, 1.54) is 0 Å². The third kappa shape index (κ3) is 3.99. The zero-order valence-corrected chi connectivity index (χ0v) is 14.2. The fraction of sp³-hybridized carbons (Fsp3) is 0.529. The second-order valence-corrected chi connectivity index (χ2v) is 6.98. The number of hydrogen-bond acceptors (Lipinski definition) is 6. The third-order valence-corrected chi connectivity index (χ3v) is 4.92. The Balaban J connectivity index is 1.50. The fourth-order valence-electron chi connectivity index (χ4n) is 2.77. The first-order valence-corrected chi connectivity index (χ1v) is 9.28. The van der Waals surface area contributed by atoms with E-state index in [0.717, 1.165) is 48.5 Å². The zero-order valence-electron chi connectivity index (χ0n) is 13.4. The molecule has 1 aliphatic heterocycles. The average molecular weight is 334 g/mol. The van der Waals surface area contributed by atoms with Gasteiger partial charge in [0.2, 0.25) is 0 Å². The van der Waals surface area contributed by atoms with Crippen molar-refractivity contribution >= 4 is 34.8 Å². The number of benzene rings is 1. The number of hydrogen-bond donors (Lipinski definition) is 0. The molecule has 1 fully saturated rings. The van der Waals surface area contributed by atoms with Crippen LogP contribution in [0.5, 0.6) is 0 Å². The van der Waals surface area contributed by atoms with Crippen molar-refractivity contribution < 1.29 is 13.9 Å². The van der Waals surface area contributed by atoms with Crippen LogP contribution in [0.25, 0.3) is 11.1 Å². The van der Waals surface area contributed by atoms with Crippen molar-refractivity contribution in [3.8, 4) is 0 Å². The van der Waals surface area contributed by atoms with Crippen LogP contribution >= 0.6 is 11.8 Å². The molecule has 0 N–H and O–H groups in total. The molecular weight excluding hydrogens is 312 g/mol. The Morgan fingerprint density at radius 2 is 2.17 bits per heavy atom. The van der Waals surface area contributed by atoms with Gasteiger partial charge in [-0.25, -0.2) is 0 Å². The third-order valence-electron chi connectivity index (χ3n) is 4.06. The summed E-state index contributed by atoms with van der Waals surface area (Å²) in [5.41, 5.74) is 1.68. The van der Waals surface area contributed by atoms with E-state index in [1.807, 2.05) is 24.3 Å². The van der Waals surface area contributed by atoms with E-state index in [-0.39, 0.29) is 11.9 Å². The first kappa shape index (κ1) is 16.2. The lowest BCUT2D eigenvalue weighted by atomic mass is 9.97. The van der Waals surface area contributed by atoms with E-state index in [0.29, 0.717) is 12.6 Å². The smallest absolute Gasteiger partial charge is 0.309 e. The van der Waals surface area contributed by atoms with Crippen LogP contribution < -0.4 is 4.90 Å². The number of ether oxygens (including phenoxy) is 1. The number of aromatic nitrogens is 1. The molecule has 1 saturated heterocycles. The highest BCUT2D eigenvalue weighted by molar-refractivity contribution is 7.99. The van der Waals surface area contributed by atoms with E-state index in [1.54, 1.807) is 11.8 Å². The lowest BCUT2D eigenvalue weighted by Gasteiger charge is -2.29. The summed E-state index contributed by atoms with van der Waals surface area (Å²) < 4.78 is 11.1. The van der Waals surface area contributed by atoms with E-state index >= 15 is 0 Å². The molecular formula is C17H22N2O3S. The van der Waals surface area contributed by atoms with Gasteiger partial charge in [0.25, 0.3) is 6.01 Å². The number of para-hydroxylation sites is 2. The Bertz CT molecular complexity index is 617. The quantitative estimate of drug-likeness (QED) is 0.596. The molecule has 2 heterocycles. The maximum Gasteiger partial charge on any atom is 0.309 e. The van der Waals surface area contributed by atoms with Gasteiger partial charge in [0, 0.05) is 18.8 Å². The molecule has 0 atom stereocenters. The monoisotopic (exact) mass is 334 g/mol. The lowest BCUT2D eigenvalue weighted by Crippen LogP contribution is -2.37. The van der Waals surface area contributed by atoms with Crippen molar-refractivity contribution in [2.24, 2.45) is 5.92 Å². The number of oxazole rings is 1. The Morgan fingerprint density at radius 1 is 1.39 bits per heavy atom. The zero-order chi connectivity index (χ0) is 16.1. The minimum Gasteiger partial charge on any atom is -0.465 e. The van der Waals surface area contributed by atoms with Crippen molar-refractivity contribution in [1.29, 1.82) is 0 Å². The molecule has 1 aromatic heterocycles. The van der Waals surface area contributed by atoms with Crippen LogP contribution in [0.15, 0.2) is 28.7 Å². The van der Waals surface area contributed by atoms with Crippen LogP contribution in [0, 0.1) is 5.92 Å². The van der Waals surface area contributed by atoms with Crippen LogP contribution in [0.4, 0.5) is 6.01 Å². The number of nitrogens with zero attached hydrogens (tertiary/aromatic N) is 2. The first-order valence-electron chi connectivity index (χ1n) is 8.13. The highest BCUT2D eigenvalue weighted by atomic mass is 32.2. The summed E-state index contributed by atoms with van der Waals surface area (Å²) in [6.07, 6.45) is 1.58. The highest BCUT2D eigenvalue weighted by Crippen LogP contribution is 2.26. The van der Waals surface area contributed by atoms with Crippen molar-refractivity contribution in [2.75, 3.05) is 36.1 Å². The molecule has 1 aromatic carbocycles. The predicted octanol–water partition coefficient (Wildman–Crippen LogP) is 3.34. The van der Waals surface area contributed by atoms with E-state index < -0.39 is 0 Å². The predicted molar refractivity (Wildman–Crippen MR) is 92.9 cm³/mol. The van der Waals surface area contributed by atoms with Gasteiger partial charge in [-0.05, 0) is 30.7 Å². The second-order valence-electron chi connectivity index (χ2n) is 5.59. The van der Waals surface area contributed by atoms with Crippen molar-refractivity contribution in [2.45, 2.75) is 19.8 Å². The largest absolute Gasteiger partial charge is 0.465 e. The molecule has 23 heavy (non-hydrogen) atoms. The van der Waals surface area contributed by atoms with Gasteiger partial charge < -0.3 is 14.1 Å². The summed E-state index contributed by atoms with van der Waals surface area (Å²) in [6.45, 7) is 4.17. The van der Waals surface area contributed by atoms with Crippen LogP contribution in [0.1, 0.15) is 19.8 Å². The number of esters is 1. The Morgan fingerprint density at radius 3 is 2.91 bits per heavy atom. The Hall–Kier alpha value is -1.69. The van der Waals surface area contributed by atoms with E-state index in [9.17, 15) is 4.79 Å². The van der Waals surface area contributed by atoms with Crippen molar-refractivity contribution in [3.05, 3.63) is 24.3 Å². The van der Waals surface area contributed by atoms with Gasteiger partial charge in [-0.3, -0.25) is 4.79 Å². The molecule has 3 rings (SSSR count). The van der Waals surface area contributed by atoms with Gasteiger partial charge in [0.15, 0.2) is 5.58 Å². The summed E-state index contributed by atoms with van der Waals surface area (Å²) in [5, 5.41) is 0. The molecule has 0 amide bonds. The van der Waals surface area contributed by atoms with E-state index in [2.05, 4.69) is 16.8 Å². The van der Waals surface area contributed by atoms with Gasteiger partial charge in [0.05, 0.1) is 5.92 Å². The summed E-state index contributed by atoms with van der Waals surface area (Å²) in [7, 11) is 0. The van der Waals surface area contributed by atoms with E-state index in [4.69, 9.17) is 9.15 Å². The molecule has 0 unspecified atom stereocenters. The standard InChI is InChI=1S/C17H22N2O3S/c1-2-23-12-11-21-16(20)13-7-9-19(10-8-13)17-18-14-5-3-4-6-15(14)22-17/h3-6,13H,2,7-12H2,1H3. The number of thioether (sulfide) groups is 1. The normalized spacial score (nSPS) is 16.0. The topological polar surface area (TPSA) is 55.6 Å². The summed E-state index contributed by atoms with van der Waals surface area (Å²) in [5.74, 6) is 1.88. The number of carbonyl (C=O) groups excluding carboxylic acids is 1. The maximum absolute atomic E-state index is 12.1. The SMILES string of the molecule is CCSCCOC(=O)C1CCN(c2nc3ccccc3o2)CC1. The number of rotatable bonds is 6. The van der Waals surface area contributed by atoms with Gasteiger partial charge in [-0.15, -0.1) is 0 Å². The maximum atomic E-state index is 12.1. The average Bonchev–Trinajstić information content (AvgIpc) is 3.03. The molecule has 0 aliphatic carbocycles. The summed E-state index contributed by atoms with van der Waals surface area (Å²) >= 11 is 1.79. The van der Waals surface area contributed by atoms with Gasteiger partial charge in [-0.1, -0.05) is 19.1 Å².